The third-order valence-corrected chi connectivity index (χ3v) is 4.36. The van der Waals surface area contributed by atoms with E-state index in [1.54, 1.807) is 14.2 Å². The van der Waals surface area contributed by atoms with Crippen molar-refractivity contribution in [1.82, 2.24) is 9.97 Å². The van der Waals surface area contributed by atoms with Crippen molar-refractivity contribution in [2.45, 2.75) is 31.5 Å². The summed E-state index contributed by atoms with van der Waals surface area (Å²) in [4.78, 5) is 8.90. The molecule has 0 aromatic carbocycles. The van der Waals surface area contributed by atoms with Gasteiger partial charge in [0, 0.05) is 14.2 Å². The summed E-state index contributed by atoms with van der Waals surface area (Å²) in [5, 5.41) is 0. The highest BCUT2D eigenvalue weighted by Crippen LogP contribution is 2.43. The molecule has 5 nitrogen and oxygen atoms in total. The van der Waals surface area contributed by atoms with Gasteiger partial charge in [0.1, 0.15) is 11.4 Å². The molecule has 0 unspecified atom stereocenters. The monoisotopic (exact) mass is 349 g/mol. The van der Waals surface area contributed by atoms with Crippen LogP contribution in [-0.2, 0) is 21.7 Å². The van der Waals surface area contributed by atoms with Gasteiger partial charge in [-0.1, -0.05) is 0 Å². The normalized spacial score (nSPS) is 17.8. The molecule has 0 amide bonds. The van der Waals surface area contributed by atoms with Gasteiger partial charge in [0.05, 0.1) is 15.9 Å². The maximum Gasteiger partial charge on any atom is 0.163 e. The number of methoxy groups -OCH3 is 2. The Labute approximate surface area is 114 Å². The molecule has 2 rings (SSSR count). The Kier molecular flexibility index (Phi) is 3.84. The first-order valence-electron chi connectivity index (χ1n) is 5.49. The second-order valence-electron chi connectivity index (χ2n) is 4.18. The van der Waals surface area contributed by atoms with E-state index >= 15 is 0 Å². The Balaban J connectivity index is 2.41. The number of nitrogen functional groups attached to an aromatic ring is 1. The number of nitrogens with two attached hydrogens (primary N) is 1. The molecular weight excluding hydrogens is 333 g/mol. The first-order valence-corrected chi connectivity index (χ1v) is 6.57. The quantitative estimate of drug-likeness (QED) is 0.840. The van der Waals surface area contributed by atoms with E-state index < -0.39 is 0 Å². The first-order chi connectivity index (χ1) is 8.13. The van der Waals surface area contributed by atoms with E-state index in [1.165, 1.54) is 0 Å². The zero-order chi connectivity index (χ0) is 12.5. The Morgan fingerprint density at radius 1 is 1.35 bits per heavy atom. The number of nitrogens with zero attached hydrogens (tertiary/aromatic N) is 2. The van der Waals surface area contributed by atoms with Crippen molar-refractivity contribution < 1.29 is 9.47 Å². The van der Waals surface area contributed by atoms with Crippen LogP contribution in [0.2, 0.25) is 0 Å². The van der Waals surface area contributed by atoms with E-state index in [0.29, 0.717) is 18.2 Å². The first kappa shape index (κ1) is 13.0. The molecule has 0 radical (unpaired) electrons. The lowest BCUT2D eigenvalue weighted by Gasteiger charge is -2.39. The van der Waals surface area contributed by atoms with E-state index in [2.05, 4.69) is 32.6 Å². The van der Waals surface area contributed by atoms with Crippen molar-refractivity contribution >= 4 is 28.4 Å². The number of aromatic nitrogens is 2. The minimum atomic E-state index is -0.332. The van der Waals surface area contributed by atoms with E-state index in [0.717, 1.165) is 28.5 Å². The van der Waals surface area contributed by atoms with Crippen LogP contribution in [-0.4, -0.2) is 24.2 Å². The number of hydrogen-bond acceptors (Lipinski definition) is 5. The minimum Gasteiger partial charge on any atom is -0.383 e. The molecule has 0 atom stereocenters. The van der Waals surface area contributed by atoms with Gasteiger partial charge in [-0.3, -0.25) is 0 Å². The molecule has 1 aliphatic rings. The summed E-state index contributed by atoms with van der Waals surface area (Å²) < 4.78 is 11.5. The summed E-state index contributed by atoms with van der Waals surface area (Å²) in [5.74, 6) is 1.20. The minimum absolute atomic E-state index is 0.332. The zero-order valence-corrected chi connectivity index (χ0v) is 12.2. The van der Waals surface area contributed by atoms with Crippen LogP contribution in [0.5, 0.6) is 0 Å². The van der Waals surface area contributed by atoms with E-state index in [4.69, 9.17) is 15.2 Å². The third kappa shape index (κ3) is 2.25. The molecule has 0 bridgehead atoms. The maximum atomic E-state index is 5.91. The third-order valence-electron chi connectivity index (χ3n) is 3.19. The fraction of sp³-hybridized carbons (Fsp3) is 0.636. The second kappa shape index (κ2) is 5.03. The van der Waals surface area contributed by atoms with Crippen LogP contribution in [0.25, 0.3) is 0 Å². The van der Waals surface area contributed by atoms with Gasteiger partial charge < -0.3 is 15.2 Å². The van der Waals surface area contributed by atoms with Gasteiger partial charge in [-0.15, -0.1) is 0 Å². The van der Waals surface area contributed by atoms with Crippen molar-refractivity contribution in [1.29, 1.82) is 0 Å². The highest BCUT2D eigenvalue weighted by Gasteiger charge is 2.42. The number of anilines is 1. The fourth-order valence-corrected chi connectivity index (χ4v) is 2.36. The van der Waals surface area contributed by atoms with Gasteiger partial charge >= 0.3 is 0 Å². The highest BCUT2D eigenvalue weighted by atomic mass is 127. The molecule has 17 heavy (non-hydrogen) atoms. The SMILES string of the molecule is COCc1nc(C2(OC)CCC2)nc(N)c1I. The average Bonchev–Trinajstić information content (AvgIpc) is 2.24. The van der Waals surface area contributed by atoms with Crippen LogP contribution in [0.1, 0.15) is 30.8 Å². The molecule has 0 spiro atoms. The van der Waals surface area contributed by atoms with Gasteiger partial charge in [-0.2, -0.15) is 0 Å². The summed E-state index contributed by atoms with van der Waals surface area (Å²) >= 11 is 2.14. The Morgan fingerprint density at radius 3 is 2.53 bits per heavy atom. The molecule has 1 heterocycles. The molecular formula is C11H16IN3O2. The lowest BCUT2D eigenvalue weighted by Crippen LogP contribution is -2.38. The smallest absolute Gasteiger partial charge is 0.163 e. The van der Waals surface area contributed by atoms with Crippen LogP contribution >= 0.6 is 22.6 Å². The largest absolute Gasteiger partial charge is 0.383 e. The molecule has 1 aliphatic carbocycles. The Bertz CT molecular complexity index is 416. The van der Waals surface area contributed by atoms with Gasteiger partial charge in [0.25, 0.3) is 0 Å². The van der Waals surface area contributed by atoms with Crippen molar-refractivity contribution in [3.63, 3.8) is 0 Å². The van der Waals surface area contributed by atoms with Crippen LogP contribution in [0.4, 0.5) is 5.82 Å². The summed E-state index contributed by atoms with van der Waals surface area (Å²) in [7, 11) is 3.34. The zero-order valence-electron chi connectivity index (χ0n) is 9.99. The standard InChI is InChI=1S/C11H16IN3O2/c1-16-6-7-8(12)9(13)15-10(14-7)11(17-2)4-3-5-11/h3-6H2,1-2H3,(H2,13,14,15). The van der Waals surface area contributed by atoms with Crippen LogP contribution in [0.15, 0.2) is 0 Å². The van der Waals surface area contributed by atoms with Gasteiger partial charge in [-0.25, -0.2) is 9.97 Å². The predicted octanol–water partition coefficient (Wildman–Crippen LogP) is 1.84. The lowest BCUT2D eigenvalue weighted by atomic mass is 9.79. The average molecular weight is 349 g/mol. The van der Waals surface area contributed by atoms with Gasteiger partial charge in [0.2, 0.25) is 0 Å². The van der Waals surface area contributed by atoms with E-state index in [9.17, 15) is 0 Å². The molecule has 1 fully saturated rings. The molecule has 94 valence electrons. The van der Waals surface area contributed by atoms with E-state index in [1.807, 2.05) is 0 Å². The molecule has 0 aliphatic heterocycles. The van der Waals surface area contributed by atoms with Crippen molar-refractivity contribution in [2.75, 3.05) is 20.0 Å². The molecule has 6 heteroatoms. The molecule has 1 aromatic rings. The lowest BCUT2D eigenvalue weighted by molar-refractivity contribution is -0.0848. The predicted molar refractivity (Wildman–Crippen MR) is 72.4 cm³/mol. The maximum absolute atomic E-state index is 5.91. The van der Waals surface area contributed by atoms with Gasteiger partial charge in [-0.05, 0) is 41.9 Å². The molecule has 0 saturated heterocycles. The summed E-state index contributed by atoms with van der Waals surface area (Å²) in [6, 6.07) is 0. The summed E-state index contributed by atoms with van der Waals surface area (Å²) in [6.45, 7) is 0.442. The number of rotatable bonds is 4. The van der Waals surface area contributed by atoms with Crippen molar-refractivity contribution in [2.24, 2.45) is 0 Å². The molecule has 2 N–H and O–H groups in total. The van der Waals surface area contributed by atoms with Crippen molar-refractivity contribution in [3.05, 3.63) is 15.1 Å². The van der Waals surface area contributed by atoms with Crippen LogP contribution < -0.4 is 5.73 Å². The van der Waals surface area contributed by atoms with Crippen LogP contribution in [0, 0.1) is 3.57 Å². The molecule has 1 aromatic heterocycles. The number of halogens is 1. The number of hydrogen-bond donors (Lipinski definition) is 1. The summed E-state index contributed by atoms with van der Waals surface area (Å²) in [6.07, 6.45) is 3.05. The van der Waals surface area contributed by atoms with E-state index in [-0.39, 0.29) is 5.60 Å². The van der Waals surface area contributed by atoms with Gasteiger partial charge in [0.15, 0.2) is 5.82 Å². The highest BCUT2D eigenvalue weighted by molar-refractivity contribution is 14.1. The van der Waals surface area contributed by atoms with Crippen LogP contribution in [0.3, 0.4) is 0 Å². The Morgan fingerprint density at radius 2 is 2.06 bits per heavy atom. The second-order valence-corrected chi connectivity index (χ2v) is 5.26. The summed E-state index contributed by atoms with van der Waals surface area (Å²) in [5.41, 5.74) is 6.41. The van der Waals surface area contributed by atoms with Crippen molar-refractivity contribution in [3.8, 4) is 0 Å². The molecule has 1 saturated carbocycles. The Hall–Kier alpha value is -0.470. The fourth-order valence-electron chi connectivity index (χ4n) is 1.97. The topological polar surface area (TPSA) is 70.3 Å². The number of ether oxygens (including phenoxy) is 2.